The first-order valence-corrected chi connectivity index (χ1v) is 29.5. The first kappa shape index (κ1) is 46.0. The van der Waals surface area contributed by atoms with Gasteiger partial charge in [0.25, 0.3) is 0 Å². The molecule has 0 radical (unpaired) electrons. The minimum atomic E-state index is -2.94. The Labute approximate surface area is 464 Å². The maximum Gasteiger partial charge on any atom is 0.183 e. The minimum absolute atomic E-state index is 0.930. The average Bonchev–Trinajstić information content (AvgIpc) is 4.08. The first-order chi connectivity index (χ1) is 39.6. The lowest BCUT2D eigenvalue weighted by Crippen LogP contribution is -2.73. The van der Waals surface area contributed by atoms with Crippen LogP contribution in [-0.4, -0.2) is 23.0 Å². The van der Waals surface area contributed by atoms with Crippen molar-refractivity contribution in [2.75, 3.05) is 0 Å². The zero-order valence-corrected chi connectivity index (χ0v) is 45.0. The molecule has 4 heterocycles. The van der Waals surface area contributed by atoms with Crippen molar-refractivity contribution in [1.82, 2.24) is 15.0 Å². The van der Waals surface area contributed by atoms with Crippen molar-refractivity contribution in [3.05, 3.63) is 273 Å². The van der Waals surface area contributed by atoms with Gasteiger partial charge >= 0.3 is 0 Å². The third-order valence-corrected chi connectivity index (χ3v) is 22.2. The molecule has 0 unspecified atom stereocenters. The van der Waals surface area contributed by atoms with E-state index in [2.05, 4.69) is 263 Å². The minimum Gasteiger partial charge on any atom is -0.265 e. The van der Waals surface area contributed by atoms with Gasteiger partial charge in [-0.05, 0) is 177 Å². The quantitative estimate of drug-likeness (QED) is 0.112. The van der Waals surface area contributed by atoms with Gasteiger partial charge in [-0.15, -0.1) is 0 Å². The third-order valence-electron chi connectivity index (χ3n) is 17.4. The van der Waals surface area contributed by atoms with Crippen LogP contribution in [-0.2, 0) is 0 Å². The molecule has 1 aliphatic heterocycles. The lowest BCUT2D eigenvalue weighted by atomic mass is 9.81. The Kier molecular flexibility index (Phi) is 10.3. The van der Waals surface area contributed by atoms with Gasteiger partial charge in [0.05, 0.1) is 5.69 Å². The molecule has 0 saturated heterocycles. The number of rotatable bonds is 8. The Bertz CT molecular complexity index is 4990. The Balaban J connectivity index is 0.870. The van der Waals surface area contributed by atoms with Gasteiger partial charge in [-0.1, -0.05) is 219 Å². The van der Waals surface area contributed by atoms with E-state index in [4.69, 9.17) is 15.0 Å². The number of allylic oxidation sites excluding steroid dienone is 1. The van der Waals surface area contributed by atoms with Crippen molar-refractivity contribution in [2.24, 2.45) is 0 Å². The predicted molar refractivity (Wildman–Crippen MR) is 343 cm³/mol. The number of aromatic nitrogens is 3. The van der Waals surface area contributed by atoms with Crippen LogP contribution in [0.2, 0.25) is 0 Å². The average molecular weight is 1030 g/mol. The fourth-order valence-electron chi connectivity index (χ4n) is 14.2. The van der Waals surface area contributed by atoms with E-state index in [0.717, 1.165) is 27.9 Å². The SMILES string of the molecule is C=Cc1c(/C=C\C)c(-c2ccc3ccc4c(-c5ccc(-c6ccc7c(c6)-c6c(ccc8c9ccccc9c9ccccc9c68)[Si]7(c6cccnc6)c6cccnc6)nc5)ccc5ccc2c3c54)c2ccccc2c1-c1ccccc1. The van der Waals surface area contributed by atoms with Crippen molar-refractivity contribution in [2.45, 2.75) is 6.92 Å². The summed E-state index contributed by atoms with van der Waals surface area (Å²) in [5, 5.41) is 22.6. The molecular formula is C76H49N3Si. The second-order valence-corrected chi connectivity index (χ2v) is 25.0. The number of nitrogens with zero attached hydrogens (tertiary/aromatic N) is 3. The number of hydrogen-bond donors (Lipinski definition) is 0. The summed E-state index contributed by atoms with van der Waals surface area (Å²) >= 11 is 0. The highest BCUT2D eigenvalue weighted by molar-refractivity contribution is 7.22. The number of pyridine rings is 3. The van der Waals surface area contributed by atoms with Crippen molar-refractivity contribution in [1.29, 1.82) is 0 Å². The lowest BCUT2D eigenvalue weighted by Gasteiger charge is -2.30. The van der Waals surface area contributed by atoms with Crippen LogP contribution in [0.4, 0.5) is 0 Å². The molecule has 0 amide bonds. The number of fused-ring (bicyclic) bond motifs is 11. The molecule has 3 nitrogen and oxygen atoms in total. The molecule has 12 aromatic carbocycles. The molecule has 80 heavy (non-hydrogen) atoms. The van der Waals surface area contributed by atoms with Gasteiger partial charge in [-0.3, -0.25) is 15.0 Å². The number of hydrogen-bond acceptors (Lipinski definition) is 3. The van der Waals surface area contributed by atoms with Crippen molar-refractivity contribution in [3.8, 4) is 55.8 Å². The molecule has 0 fully saturated rings. The molecule has 0 atom stereocenters. The van der Waals surface area contributed by atoms with Crippen LogP contribution in [0.5, 0.6) is 0 Å². The van der Waals surface area contributed by atoms with Crippen LogP contribution in [0.25, 0.3) is 143 Å². The monoisotopic (exact) mass is 1030 g/mol. The van der Waals surface area contributed by atoms with Crippen LogP contribution in [0.3, 0.4) is 0 Å². The van der Waals surface area contributed by atoms with Gasteiger partial charge in [-0.2, -0.15) is 0 Å². The molecule has 3 aromatic heterocycles. The maximum atomic E-state index is 5.35. The second kappa shape index (κ2) is 18.0. The molecule has 0 spiro atoms. The summed E-state index contributed by atoms with van der Waals surface area (Å²) in [6.45, 7) is 6.53. The van der Waals surface area contributed by atoms with E-state index in [1.54, 1.807) is 0 Å². The summed E-state index contributed by atoms with van der Waals surface area (Å²) in [6.07, 6.45) is 16.5. The van der Waals surface area contributed by atoms with Crippen LogP contribution in [0, 0.1) is 0 Å². The van der Waals surface area contributed by atoms with Gasteiger partial charge in [0.15, 0.2) is 8.07 Å². The molecule has 16 rings (SSSR count). The smallest absolute Gasteiger partial charge is 0.183 e. The first-order valence-electron chi connectivity index (χ1n) is 27.5. The van der Waals surface area contributed by atoms with Crippen molar-refractivity contribution >= 4 is 116 Å². The van der Waals surface area contributed by atoms with E-state index < -0.39 is 8.07 Å². The van der Waals surface area contributed by atoms with E-state index in [1.807, 2.05) is 18.5 Å². The van der Waals surface area contributed by atoms with E-state index in [9.17, 15) is 0 Å². The predicted octanol–water partition coefficient (Wildman–Crippen LogP) is 17.1. The van der Waals surface area contributed by atoms with Gasteiger partial charge in [0.1, 0.15) is 0 Å². The summed E-state index contributed by atoms with van der Waals surface area (Å²) < 4.78 is 0. The van der Waals surface area contributed by atoms with Crippen LogP contribution >= 0.6 is 0 Å². The topological polar surface area (TPSA) is 38.7 Å². The Morgan fingerprint density at radius 3 is 1.55 bits per heavy atom. The molecule has 1 aliphatic rings. The normalized spacial score (nSPS) is 12.9. The molecule has 0 aliphatic carbocycles. The summed E-state index contributed by atoms with van der Waals surface area (Å²) in [6, 6.07) is 81.1. The Hall–Kier alpha value is -10.1. The zero-order valence-electron chi connectivity index (χ0n) is 44.0. The van der Waals surface area contributed by atoms with Crippen molar-refractivity contribution < 1.29 is 0 Å². The summed E-state index contributed by atoms with van der Waals surface area (Å²) in [5.41, 5.74) is 13.9. The molecule has 0 N–H and O–H groups in total. The van der Waals surface area contributed by atoms with Crippen molar-refractivity contribution in [3.63, 3.8) is 0 Å². The van der Waals surface area contributed by atoms with E-state index in [-0.39, 0.29) is 0 Å². The van der Waals surface area contributed by atoms with Gasteiger partial charge in [0.2, 0.25) is 0 Å². The molecular weight excluding hydrogens is 983 g/mol. The summed E-state index contributed by atoms with van der Waals surface area (Å²) in [5.74, 6) is 0. The van der Waals surface area contributed by atoms with Gasteiger partial charge in [-0.25, -0.2) is 0 Å². The summed E-state index contributed by atoms with van der Waals surface area (Å²) in [7, 11) is -2.94. The fraction of sp³-hybridized carbons (Fsp3) is 0.0132. The zero-order chi connectivity index (χ0) is 53.1. The second-order valence-electron chi connectivity index (χ2n) is 21.3. The Morgan fingerprint density at radius 2 is 0.925 bits per heavy atom. The highest BCUT2D eigenvalue weighted by atomic mass is 28.3. The van der Waals surface area contributed by atoms with Crippen LogP contribution in [0.1, 0.15) is 18.1 Å². The Morgan fingerprint density at radius 1 is 0.375 bits per heavy atom. The highest BCUT2D eigenvalue weighted by Gasteiger charge is 2.50. The maximum absolute atomic E-state index is 5.35. The molecule has 0 bridgehead atoms. The molecule has 4 heteroatoms. The van der Waals surface area contributed by atoms with E-state index in [0.29, 0.717) is 0 Å². The van der Waals surface area contributed by atoms with Gasteiger partial charge in [0, 0.05) is 42.1 Å². The standard InChI is InChI=1S/C76H49N3Si/c1-3-16-59-54(4-2)71(47-17-6-5-7-18-47)61-25-12-13-26-62(61)74(59)66-36-30-49-28-34-63-55(33-27-48-29-35-65(66)73(49)72(48)63)51-31-38-68(79-44-51)50-32-39-69-67(43-50)76-70(80(69,52-19-14-41-77-45-52)53-20-15-42-78-46-53)40-37-64-58-23-9-8-21-56(58)57-22-10-11-24-60(57)75(64)76/h3-46H,2H2,1H3/b16-3-. The fourth-order valence-corrected chi connectivity index (χ4v) is 19.2. The summed E-state index contributed by atoms with van der Waals surface area (Å²) in [4.78, 5) is 14.9. The lowest BCUT2D eigenvalue weighted by molar-refractivity contribution is 1.33. The van der Waals surface area contributed by atoms with Crippen LogP contribution < -0.4 is 20.7 Å². The highest BCUT2D eigenvalue weighted by Crippen LogP contribution is 2.49. The third kappa shape index (κ3) is 6.51. The molecule has 15 aromatic rings. The largest absolute Gasteiger partial charge is 0.265 e. The van der Waals surface area contributed by atoms with Gasteiger partial charge < -0.3 is 0 Å². The van der Waals surface area contributed by atoms with E-state index >= 15 is 0 Å². The number of benzene rings is 12. The van der Waals surface area contributed by atoms with E-state index in [1.165, 1.54) is 135 Å². The molecule has 372 valence electrons. The van der Waals surface area contributed by atoms with Crippen LogP contribution in [0.15, 0.2) is 262 Å². The molecule has 0 saturated carbocycles.